The number of halogens is 1. The van der Waals surface area contributed by atoms with Crippen molar-refractivity contribution < 1.29 is 19.1 Å². The maximum atomic E-state index is 12.7. The number of benzene rings is 1. The summed E-state index contributed by atoms with van der Waals surface area (Å²) in [5.74, 6) is -1.10. The number of rotatable bonds is 5. The highest BCUT2D eigenvalue weighted by Gasteiger charge is 2.30. The fourth-order valence-electron chi connectivity index (χ4n) is 3.19. The maximum absolute atomic E-state index is 12.7. The molecule has 0 bridgehead atoms. The summed E-state index contributed by atoms with van der Waals surface area (Å²) in [6.07, 6.45) is 1.42. The standard InChI is InChI=1S/C20H22ClN3O4S/c1-3-28-19(27)16-12(2)22-20(29-16)23-17(25)14-5-4-10-24(11-14)18(26)13-6-8-15(21)9-7-13/h6-9,14H,3-5,10-11H2,1-2H3,(H,22,23,25). The first-order valence-electron chi connectivity index (χ1n) is 9.39. The molecule has 2 heterocycles. The Morgan fingerprint density at radius 3 is 2.72 bits per heavy atom. The molecule has 3 rings (SSSR count). The summed E-state index contributed by atoms with van der Waals surface area (Å²) in [4.78, 5) is 43.7. The molecule has 0 radical (unpaired) electrons. The molecule has 2 amide bonds. The van der Waals surface area contributed by atoms with E-state index in [0.29, 0.717) is 45.8 Å². The van der Waals surface area contributed by atoms with E-state index in [1.54, 1.807) is 43.0 Å². The van der Waals surface area contributed by atoms with E-state index in [4.69, 9.17) is 16.3 Å². The number of hydrogen-bond donors (Lipinski definition) is 1. The number of aryl methyl sites for hydroxylation is 1. The largest absolute Gasteiger partial charge is 0.462 e. The van der Waals surface area contributed by atoms with Crippen LogP contribution in [0.1, 0.15) is 45.5 Å². The summed E-state index contributed by atoms with van der Waals surface area (Å²) in [6.45, 7) is 4.65. The highest BCUT2D eigenvalue weighted by Crippen LogP contribution is 2.26. The molecule has 1 aliphatic rings. The van der Waals surface area contributed by atoms with Gasteiger partial charge in [0, 0.05) is 23.7 Å². The van der Waals surface area contributed by atoms with Gasteiger partial charge < -0.3 is 15.0 Å². The predicted molar refractivity (Wildman–Crippen MR) is 112 cm³/mol. The molecule has 1 saturated heterocycles. The Labute approximate surface area is 178 Å². The van der Waals surface area contributed by atoms with Gasteiger partial charge in [-0.15, -0.1) is 0 Å². The van der Waals surface area contributed by atoms with Gasteiger partial charge in [-0.05, 0) is 51.0 Å². The first-order valence-corrected chi connectivity index (χ1v) is 10.6. The predicted octanol–water partition coefficient (Wildman–Crippen LogP) is 3.77. The van der Waals surface area contributed by atoms with Crippen molar-refractivity contribution in [2.45, 2.75) is 26.7 Å². The fourth-order valence-corrected chi connectivity index (χ4v) is 4.18. The third-order valence-corrected chi connectivity index (χ3v) is 5.96. The quantitative estimate of drug-likeness (QED) is 0.722. The average Bonchev–Trinajstić information content (AvgIpc) is 3.08. The van der Waals surface area contributed by atoms with Crippen LogP contribution in [0.25, 0.3) is 0 Å². The van der Waals surface area contributed by atoms with Crippen LogP contribution < -0.4 is 5.32 Å². The minimum absolute atomic E-state index is 0.117. The number of carbonyl (C=O) groups excluding carboxylic acids is 3. The molecule has 0 aliphatic carbocycles. The number of carbonyl (C=O) groups is 3. The number of nitrogens with zero attached hydrogens (tertiary/aromatic N) is 2. The SMILES string of the molecule is CCOC(=O)c1sc(NC(=O)C2CCCN(C(=O)c3ccc(Cl)cc3)C2)nc1C. The first kappa shape index (κ1) is 21.3. The van der Waals surface area contributed by atoms with Crippen LogP contribution in [-0.4, -0.2) is 47.4 Å². The average molecular weight is 436 g/mol. The molecular formula is C20H22ClN3O4S. The van der Waals surface area contributed by atoms with Gasteiger partial charge >= 0.3 is 5.97 Å². The number of thiazole rings is 1. The molecule has 7 nitrogen and oxygen atoms in total. The second-order valence-corrected chi connectivity index (χ2v) is 8.18. The number of ether oxygens (including phenoxy) is 1. The fraction of sp³-hybridized carbons (Fsp3) is 0.400. The molecular weight excluding hydrogens is 414 g/mol. The van der Waals surface area contributed by atoms with Crippen LogP contribution >= 0.6 is 22.9 Å². The summed E-state index contributed by atoms with van der Waals surface area (Å²) in [5, 5.41) is 3.71. The Balaban J connectivity index is 1.64. The lowest BCUT2D eigenvalue weighted by atomic mass is 9.96. The van der Waals surface area contributed by atoms with E-state index in [1.165, 1.54) is 0 Å². The van der Waals surface area contributed by atoms with Crippen molar-refractivity contribution in [3.05, 3.63) is 45.4 Å². The number of hydrogen-bond acceptors (Lipinski definition) is 6. The number of aromatic nitrogens is 1. The zero-order chi connectivity index (χ0) is 21.0. The van der Waals surface area contributed by atoms with E-state index in [2.05, 4.69) is 10.3 Å². The number of esters is 1. The molecule has 1 unspecified atom stereocenters. The molecule has 0 saturated carbocycles. The summed E-state index contributed by atoms with van der Waals surface area (Å²) in [5.41, 5.74) is 1.07. The van der Waals surface area contributed by atoms with E-state index < -0.39 is 5.97 Å². The van der Waals surface area contributed by atoms with E-state index >= 15 is 0 Å². The molecule has 0 spiro atoms. The number of likely N-dealkylation sites (tertiary alicyclic amines) is 1. The van der Waals surface area contributed by atoms with Gasteiger partial charge in [-0.1, -0.05) is 22.9 Å². The summed E-state index contributed by atoms with van der Waals surface area (Å²) >= 11 is 6.98. The minimum Gasteiger partial charge on any atom is -0.462 e. The van der Waals surface area contributed by atoms with E-state index in [9.17, 15) is 14.4 Å². The second kappa shape index (κ2) is 9.37. The smallest absolute Gasteiger partial charge is 0.350 e. The lowest BCUT2D eigenvalue weighted by Crippen LogP contribution is -2.43. The summed E-state index contributed by atoms with van der Waals surface area (Å²) in [6, 6.07) is 6.72. The van der Waals surface area contributed by atoms with Crippen LogP contribution in [0.5, 0.6) is 0 Å². The molecule has 1 N–H and O–H groups in total. The van der Waals surface area contributed by atoms with Gasteiger partial charge in [0.2, 0.25) is 5.91 Å². The molecule has 2 aromatic rings. The van der Waals surface area contributed by atoms with Crippen molar-refractivity contribution in [1.82, 2.24) is 9.88 Å². The highest BCUT2D eigenvalue weighted by molar-refractivity contribution is 7.17. The third kappa shape index (κ3) is 5.13. The van der Waals surface area contributed by atoms with Crippen molar-refractivity contribution >= 4 is 45.9 Å². The van der Waals surface area contributed by atoms with Crippen molar-refractivity contribution in [2.24, 2.45) is 5.92 Å². The van der Waals surface area contributed by atoms with Gasteiger partial charge in [0.1, 0.15) is 4.88 Å². The monoisotopic (exact) mass is 435 g/mol. The van der Waals surface area contributed by atoms with Gasteiger partial charge in [0.15, 0.2) is 5.13 Å². The number of anilines is 1. The van der Waals surface area contributed by atoms with Gasteiger partial charge in [0.05, 0.1) is 18.2 Å². The molecule has 1 fully saturated rings. The third-order valence-electron chi connectivity index (χ3n) is 4.66. The second-order valence-electron chi connectivity index (χ2n) is 6.74. The van der Waals surface area contributed by atoms with Crippen molar-refractivity contribution in [3.63, 3.8) is 0 Å². The van der Waals surface area contributed by atoms with Crippen LogP contribution in [0.4, 0.5) is 5.13 Å². The van der Waals surface area contributed by atoms with Gasteiger partial charge in [-0.3, -0.25) is 9.59 Å². The zero-order valence-corrected chi connectivity index (χ0v) is 17.8. The Morgan fingerprint density at radius 2 is 2.03 bits per heavy atom. The Bertz CT molecular complexity index is 913. The lowest BCUT2D eigenvalue weighted by molar-refractivity contribution is -0.121. The minimum atomic E-state index is -0.444. The van der Waals surface area contributed by atoms with Crippen molar-refractivity contribution in [3.8, 4) is 0 Å². The van der Waals surface area contributed by atoms with E-state index in [-0.39, 0.29) is 24.3 Å². The zero-order valence-electron chi connectivity index (χ0n) is 16.2. The first-order chi connectivity index (χ1) is 13.9. The maximum Gasteiger partial charge on any atom is 0.350 e. The van der Waals surface area contributed by atoms with Gasteiger partial charge in [-0.2, -0.15) is 0 Å². The van der Waals surface area contributed by atoms with E-state index in [1.807, 2.05) is 0 Å². The molecule has 1 aromatic carbocycles. The van der Waals surface area contributed by atoms with Gasteiger partial charge in [0.25, 0.3) is 5.91 Å². The molecule has 1 atom stereocenters. The van der Waals surface area contributed by atoms with Crippen molar-refractivity contribution in [1.29, 1.82) is 0 Å². The lowest BCUT2D eigenvalue weighted by Gasteiger charge is -2.32. The van der Waals surface area contributed by atoms with Gasteiger partial charge in [-0.25, -0.2) is 9.78 Å². The Hall–Kier alpha value is -2.45. The summed E-state index contributed by atoms with van der Waals surface area (Å²) in [7, 11) is 0. The normalized spacial score (nSPS) is 16.4. The molecule has 1 aromatic heterocycles. The molecule has 154 valence electrons. The van der Waals surface area contributed by atoms with E-state index in [0.717, 1.165) is 17.8 Å². The van der Waals surface area contributed by atoms with Crippen LogP contribution in [0.15, 0.2) is 24.3 Å². The number of amides is 2. The van der Waals surface area contributed by atoms with Crippen LogP contribution in [0.3, 0.4) is 0 Å². The van der Waals surface area contributed by atoms with Crippen LogP contribution in [-0.2, 0) is 9.53 Å². The van der Waals surface area contributed by atoms with Crippen molar-refractivity contribution in [2.75, 3.05) is 25.0 Å². The Kier molecular flexibility index (Phi) is 6.87. The van der Waals surface area contributed by atoms with Crippen LogP contribution in [0.2, 0.25) is 5.02 Å². The summed E-state index contributed by atoms with van der Waals surface area (Å²) < 4.78 is 5.00. The highest BCUT2D eigenvalue weighted by atomic mass is 35.5. The molecule has 9 heteroatoms. The number of piperidine rings is 1. The topological polar surface area (TPSA) is 88.6 Å². The Morgan fingerprint density at radius 1 is 1.31 bits per heavy atom. The van der Waals surface area contributed by atoms with Crippen LogP contribution in [0, 0.1) is 12.8 Å². The number of nitrogens with one attached hydrogen (secondary N) is 1. The molecule has 1 aliphatic heterocycles. The molecule has 29 heavy (non-hydrogen) atoms.